The van der Waals surface area contributed by atoms with Crippen molar-refractivity contribution in [3.8, 4) is 28.4 Å². The average Bonchev–Trinajstić information content (AvgIpc) is 3.56. The SMILES string of the molecule is COC(=O)C1CC1COc1ccc(-c2cc(Oc3ccc(F)c(F)c3)ccc2F)cc1. The minimum Gasteiger partial charge on any atom is -0.493 e. The van der Waals surface area contributed by atoms with Crippen LogP contribution >= 0.6 is 0 Å². The average molecular weight is 428 g/mol. The maximum absolute atomic E-state index is 14.4. The summed E-state index contributed by atoms with van der Waals surface area (Å²) in [6, 6.07) is 14.2. The maximum Gasteiger partial charge on any atom is 0.309 e. The largest absolute Gasteiger partial charge is 0.493 e. The highest BCUT2D eigenvalue weighted by Gasteiger charge is 2.44. The third-order valence-corrected chi connectivity index (χ3v) is 5.12. The topological polar surface area (TPSA) is 44.8 Å². The molecule has 1 fully saturated rings. The van der Waals surface area contributed by atoms with Crippen LogP contribution in [0.5, 0.6) is 17.2 Å². The first-order chi connectivity index (χ1) is 14.9. The molecule has 160 valence electrons. The number of rotatable bonds is 7. The summed E-state index contributed by atoms with van der Waals surface area (Å²) < 4.78 is 56.8. The van der Waals surface area contributed by atoms with Gasteiger partial charge in [0.25, 0.3) is 0 Å². The Balaban J connectivity index is 1.43. The summed E-state index contributed by atoms with van der Waals surface area (Å²) in [5, 5.41) is 0. The Morgan fingerprint density at radius 1 is 0.871 bits per heavy atom. The molecule has 7 heteroatoms. The van der Waals surface area contributed by atoms with Gasteiger partial charge in [0.05, 0.1) is 19.6 Å². The van der Waals surface area contributed by atoms with Gasteiger partial charge in [0, 0.05) is 17.5 Å². The molecule has 0 heterocycles. The molecule has 4 rings (SSSR count). The van der Waals surface area contributed by atoms with E-state index in [0.29, 0.717) is 23.5 Å². The van der Waals surface area contributed by atoms with Gasteiger partial charge in [0.1, 0.15) is 23.1 Å². The minimum absolute atomic E-state index is 0.101. The van der Waals surface area contributed by atoms with E-state index in [-0.39, 0.29) is 29.3 Å². The Bertz CT molecular complexity index is 1100. The van der Waals surface area contributed by atoms with Gasteiger partial charge in [-0.2, -0.15) is 0 Å². The Morgan fingerprint density at radius 3 is 2.19 bits per heavy atom. The molecule has 1 aliphatic rings. The monoisotopic (exact) mass is 428 g/mol. The standard InChI is InChI=1S/C24H19F3O4/c1-29-24(28)20-10-15(20)13-30-16-4-2-14(3-5-16)19-11-17(6-8-21(19)25)31-18-7-9-22(26)23(27)12-18/h2-9,11-12,15,20H,10,13H2,1H3. The molecule has 0 spiro atoms. The summed E-state index contributed by atoms with van der Waals surface area (Å²) in [4.78, 5) is 11.4. The second kappa shape index (κ2) is 8.71. The Kier molecular flexibility index (Phi) is 5.84. The lowest BCUT2D eigenvalue weighted by molar-refractivity contribution is -0.142. The molecule has 0 aromatic heterocycles. The van der Waals surface area contributed by atoms with Crippen molar-refractivity contribution < 1.29 is 32.2 Å². The Morgan fingerprint density at radius 2 is 1.52 bits per heavy atom. The summed E-state index contributed by atoms with van der Waals surface area (Å²) in [5.74, 6) is -1.64. The summed E-state index contributed by atoms with van der Waals surface area (Å²) >= 11 is 0. The van der Waals surface area contributed by atoms with Crippen LogP contribution in [0, 0.1) is 29.3 Å². The number of carbonyl (C=O) groups excluding carboxylic acids is 1. The molecular weight excluding hydrogens is 409 g/mol. The molecule has 0 N–H and O–H groups in total. The third-order valence-electron chi connectivity index (χ3n) is 5.12. The zero-order valence-corrected chi connectivity index (χ0v) is 16.6. The van der Waals surface area contributed by atoms with Crippen molar-refractivity contribution in [3.63, 3.8) is 0 Å². The Labute approximate surface area is 177 Å². The number of methoxy groups -OCH3 is 1. The zero-order chi connectivity index (χ0) is 22.0. The van der Waals surface area contributed by atoms with Crippen molar-refractivity contribution in [1.82, 2.24) is 0 Å². The molecular formula is C24H19F3O4. The Hall–Kier alpha value is -3.48. The van der Waals surface area contributed by atoms with Crippen molar-refractivity contribution in [2.45, 2.75) is 6.42 Å². The second-order valence-electron chi connectivity index (χ2n) is 7.28. The molecule has 0 radical (unpaired) electrons. The molecule has 1 aliphatic carbocycles. The summed E-state index contributed by atoms with van der Waals surface area (Å²) in [6.07, 6.45) is 0.751. The second-order valence-corrected chi connectivity index (χ2v) is 7.28. The number of halogens is 3. The van der Waals surface area contributed by atoms with Crippen LogP contribution in [0.4, 0.5) is 13.2 Å². The van der Waals surface area contributed by atoms with Crippen LogP contribution in [-0.4, -0.2) is 19.7 Å². The summed E-state index contributed by atoms with van der Waals surface area (Å²) in [7, 11) is 1.37. The molecule has 2 atom stereocenters. The van der Waals surface area contributed by atoms with Gasteiger partial charge < -0.3 is 14.2 Å². The van der Waals surface area contributed by atoms with Gasteiger partial charge in [-0.25, -0.2) is 13.2 Å². The summed E-state index contributed by atoms with van der Waals surface area (Å²) in [5.41, 5.74) is 0.888. The lowest BCUT2D eigenvalue weighted by Crippen LogP contribution is -2.08. The van der Waals surface area contributed by atoms with Crippen LogP contribution in [0.15, 0.2) is 60.7 Å². The number of hydrogen-bond donors (Lipinski definition) is 0. The highest BCUT2D eigenvalue weighted by atomic mass is 19.2. The molecule has 3 aromatic rings. The van der Waals surface area contributed by atoms with Crippen LogP contribution in [-0.2, 0) is 9.53 Å². The molecule has 4 nitrogen and oxygen atoms in total. The number of benzene rings is 3. The lowest BCUT2D eigenvalue weighted by Gasteiger charge is -2.10. The van der Waals surface area contributed by atoms with Gasteiger partial charge in [-0.15, -0.1) is 0 Å². The van der Waals surface area contributed by atoms with Crippen molar-refractivity contribution in [2.75, 3.05) is 13.7 Å². The van der Waals surface area contributed by atoms with Crippen molar-refractivity contribution in [3.05, 3.63) is 78.1 Å². The number of hydrogen-bond acceptors (Lipinski definition) is 4. The van der Waals surface area contributed by atoms with E-state index >= 15 is 0 Å². The predicted octanol–water partition coefficient (Wildman–Crippen LogP) is 5.75. The van der Waals surface area contributed by atoms with E-state index in [2.05, 4.69) is 0 Å². The van der Waals surface area contributed by atoms with Gasteiger partial charge in [0.2, 0.25) is 0 Å². The van der Waals surface area contributed by atoms with Gasteiger partial charge >= 0.3 is 5.97 Å². The van der Waals surface area contributed by atoms with Gasteiger partial charge in [-0.3, -0.25) is 4.79 Å². The van der Waals surface area contributed by atoms with E-state index in [4.69, 9.17) is 14.2 Å². The molecule has 0 saturated heterocycles. The van der Waals surface area contributed by atoms with E-state index in [1.54, 1.807) is 24.3 Å². The smallest absolute Gasteiger partial charge is 0.309 e. The van der Waals surface area contributed by atoms with E-state index in [0.717, 1.165) is 18.6 Å². The minimum atomic E-state index is -1.03. The first-order valence-electron chi connectivity index (χ1n) is 9.68. The molecule has 1 saturated carbocycles. The molecule has 0 bridgehead atoms. The van der Waals surface area contributed by atoms with Gasteiger partial charge in [-0.05, 0) is 54.4 Å². The van der Waals surface area contributed by atoms with Gasteiger partial charge in [0.15, 0.2) is 11.6 Å². The predicted molar refractivity (Wildman–Crippen MR) is 107 cm³/mol. The fourth-order valence-corrected chi connectivity index (χ4v) is 3.27. The first-order valence-corrected chi connectivity index (χ1v) is 9.68. The van der Waals surface area contributed by atoms with E-state index < -0.39 is 17.5 Å². The highest BCUT2D eigenvalue weighted by molar-refractivity contribution is 5.75. The van der Waals surface area contributed by atoms with Crippen molar-refractivity contribution >= 4 is 5.97 Å². The lowest BCUT2D eigenvalue weighted by atomic mass is 10.0. The third kappa shape index (κ3) is 4.82. The molecule has 3 aromatic carbocycles. The molecule has 2 unspecified atom stereocenters. The van der Waals surface area contributed by atoms with E-state index in [1.165, 1.54) is 31.4 Å². The van der Waals surface area contributed by atoms with E-state index in [1.807, 2.05) is 0 Å². The molecule has 0 aliphatic heterocycles. The van der Waals surface area contributed by atoms with Gasteiger partial charge in [-0.1, -0.05) is 12.1 Å². The van der Waals surface area contributed by atoms with Crippen LogP contribution in [0.25, 0.3) is 11.1 Å². The van der Waals surface area contributed by atoms with Crippen LogP contribution in [0.3, 0.4) is 0 Å². The molecule has 31 heavy (non-hydrogen) atoms. The maximum atomic E-state index is 14.4. The first kappa shape index (κ1) is 20.8. The van der Waals surface area contributed by atoms with Crippen LogP contribution < -0.4 is 9.47 Å². The number of esters is 1. The van der Waals surface area contributed by atoms with Crippen molar-refractivity contribution in [1.29, 1.82) is 0 Å². The molecule has 0 amide bonds. The van der Waals surface area contributed by atoms with E-state index in [9.17, 15) is 18.0 Å². The van der Waals surface area contributed by atoms with Crippen molar-refractivity contribution in [2.24, 2.45) is 11.8 Å². The number of carbonyl (C=O) groups is 1. The highest BCUT2D eigenvalue weighted by Crippen LogP contribution is 2.40. The fourth-order valence-electron chi connectivity index (χ4n) is 3.27. The quantitative estimate of drug-likeness (QED) is 0.450. The normalized spacial score (nSPS) is 17.2. The summed E-state index contributed by atoms with van der Waals surface area (Å²) in [6.45, 7) is 0.408. The van der Waals surface area contributed by atoms with Crippen LogP contribution in [0.1, 0.15) is 6.42 Å². The zero-order valence-electron chi connectivity index (χ0n) is 16.6. The van der Waals surface area contributed by atoms with Crippen LogP contribution in [0.2, 0.25) is 0 Å². The fraction of sp³-hybridized carbons (Fsp3) is 0.208. The number of ether oxygens (including phenoxy) is 3.